The highest BCUT2D eigenvalue weighted by Crippen LogP contribution is 2.26. The molecule has 10 nitrogen and oxygen atoms in total. The molecule has 0 saturated heterocycles. The average molecular weight is 455 g/mol. The second-order valence-corrected chi connectivity index (χ2v) is 7.84. The molecule has 0 aliphatic carbocycles. The molecule has 0 aliphatic rings. The Hall–Kier alpha value is -4.09. The third-order valence-corrected chi connectivity index (χ3v) is 5.17. The van der Waals surface area contributed by atoms with E-state index in [4.69, 9.17) is 4.74 Å². The Bertz CT molecular complexity index is 1450. The van der Waals surface area contributed by atoms with Crippen molar-refractivity contribution in [3.8, 4) is 11.5 Å². The molecule has 0 aliphatic heterocycles. The first-order valence-electron chi connectivity index (χ1n) is 9.82. The molecule has 0 fully saturated rings. The first-order chi connectivity index (χ1) is 15.6. The Morgan fingerprint density at radius 2 is 2.00 bits per heavy atom. The second-order valence-electron chi connectivity index (χ2n) is 7.84. The van der Waals surface area contributed by atoms with Crippen molar-refractivity contribution in [1.82, 2.24) is 34.9 Å². The minimum absolute atomic E-state index is 0.000308. The molecule has 4 aromatic rings. The van der Waals surface area contributed by atoms with Crippen LogP contribution in [0.3, 0.4) is 0 Å². The summed E-state index contributed by atoms with van der Waals surface area (Å²) in [6.07, 6.45) is 1.49. The lowest BCUT2D eigenvalue weighted by Crippen LogP contribution is -2.38. The number of hydrogen-bond donors (Lipinski definition) is 1. The van der Waals surface area contributed by atoms with Crippen LogP contribution in [0.2, 0.25) is 0 Å². The van der Waals surface area contributed by atoms with E-state index in [1.165, 1.54) is 44.0 Å². The standard InChI is InChI=1S/C21H19F2N7O3/c1-10-24-8-12-15(17-26-19(31)16(27-28-17)21(2,3)20(32)33-4)29-30(18(12)25-10)9-11-6-5-7-13(22)14(11)23/h5-8H,9H2,1-4H3,(H,26,28,31). The van der Waals surface area contributed by atoms with Crippen molar-refractivity contribution >= 4 is 17.0 Å². The van der Waals surface area contributed by atoms with E-state index in [1.54, 1.807) is 6.92 Å². The maximum atomic E-state index is 14.2. The molecule has 170 valence electrons. The molecule has 12 heteroatoms. The van der Waals surface area contributed by atoms with Gasteiger partial charge in [0, 0.05) is 11.8 Å². The minimum Gasteiger partial charge on any atom is -0.468 e. The van der Waals surface area contributed by atoms with Crippen LogP contribution in [0.15, 0.2) is 29.2 Å². The number of benzene rings is 1. The Kier molecular flexibility index (Phi) is 5.44. The molecule has 1 aromatic carbocycles. The summed E-state index contributed by atoms with van der Waals surface area (Å²) in [6, 6.07) is 3.85. The number of nitrogens with zero attached hydrogens (tertiary/aromatic N) is 6. The summed E-state index contributed by atoms with van der Waals surface area (Å²) in [5.74, 6) is -2.18. The first-order valence-corrected chi connectivity index (χ1v) is 9.82. The predicted molar refractivity (Wildman–Crippen MR) is 112 cm³/mol. The zero-order valence-corrected chi connectivity index (χ0v) is 18.2. The number of aromatic amines is 1. The van der Waals surface area contributed by atoms with Crippen molar-refractivity contribution in [3.05, 3.63) is 63.5 Å². The van der Waals surface area contributed by atoms with Crippen LogP contribution in [0.25, 0.3) is 22.6 Å². The van der Waals surface area contributed by atoms with Crippen LogP contribution in [0.1, 0.15) is 30.9 Å². The van der Waals surface area contributed by atoms with Gasteiger partial charge in [0.2, 0.25) is 0 Å². The van der Waals surface area contributed by atoms with Crippen LogP contribution in [-0.4, -0.2) is 48.0 Å². The monoisotopic (exact) mass is 455 g/mol. The van der Waals surface area contributed by atoms with Crippen LogP contribution in [0.5, 0.6) is 0 Å². The fourth-order valence-corrected chi connectivity index (χ4v) is 3.37. The van der Waals surface area contributed by atoms with Crippen LogP contribution in [0, 0.1) is 18.6 Å². The van der Waals surface area contributed by atoms with E-state index in [0.29, 0.717) is 16.9 Å². The lowest BCUT2D eigenvalue weighted by atomic mass is 9.90. The molecule has 0 saturated carbocycles. The van der Waals surface area contributed by atoms with E-state index in [-0.39, 0.29) is 29.3 Å². The van der Waals surface area contributed by atoms with Gasteiger partial charge in [0.1, 0.15) is 22.6 Å². The SMILES string of the molecule is COC(=O)C(C)(C)c1nnc(-c2nn(Cc3cccc(F)c3F)c3nc(C)ncc23)[nH]c1=O. The molecule has 0 spiro atoms. The normalized spacial score (nSPS) is 11.7. The van der Waals surface area contributed by atoms with E-state index in [2.05, 4.69) is 30.2 Å². The fraction of sp³-hybridized carbons (Fsp3) is 0.286. The summed E-state index contributed by atoms with van der Waals surface area (Å²) in [6.45, 7) is 4.53. The van der Waals surface area contributed by atoms with Crippen molar-refractivity contribution in [2.75, 3.05) is 7.11 Å². The Balaban J connectivity index is 1.84. The highest BCUT2D eigenvalue weighted by atomic mass is 19.2. The average Bonchev–Trinajstić information content (AvgIpc) is 3.13. The minimum atomic E-state index is -1.33. The molecular weight excluding hydrogens is 436 g/mol. The summed E-state index contributed by atoms with van der Waals surface area (Å²) < 4.78 is 34.0. The summed E-state index contributed by atoms with van der Waals surface area (Å²) in [5.41, 5.74) is -1.52. The van der Waals surface area contributed by atoms with E-state index >= 15 is 0 Å². The number of nitrogens with one attached hydrogen (secondary N) is 1. The Morgan fingerprint density at radius 1 is 1.24 bits per heavy atom. The van der Waals surface area contributed by atoms with Crippen molar-refractivity contribution < 1.29 is 18.3 Å². The molecule has 0 amide bonds. The van der Waals surface area contributed by atoms with Gasteiger partial charge < -0.3 is 9.72 Å². The number of methoxy groups -OCH3 is 1. The summed E-state index contributed by atoms with van der Waals surface area (Å²) >= 11 is 0. The van der Waals surface area contributed by atoms with Crippen LogP contribution >= 0.6 is 0 Å². The molecule has 3 aromatic heterocycles. The fourth-order valence-electron chi connectivity index (χ4n) is 3.37. The van der Waals surface area contributed by atoms with Crippen LogP contribution in [0.4, 0.5) is 8.78 Å². The number of carbonyl (C=O) groups is 1. The zero-order valence-electron chi connectivity index (χ0n) is 18.2. The van der Waals surface area contributed by atoms with Gasteiger partial charge in [-0.2, -0.15) is 5.10 Å². The van der Waals surface area contributed by atoms with Gasteiger partial charge in [-0.1, -0.05) is 12.1 Å². The van der Waals surface area contributed by atoms with Gasteiger partial charge in [-0.3, -0.25) is 9.59 Å². The largest absolute Gasteiger partial charge is 0.468 e. The van der Waals surface area contributed by atoms with E-state index in [0.717, 1.165) is 6.07 Å². The number of fused-ring (bicyclic) bond motifs is 1. The number of halogens is 2. The van der Waals surface area contributed by atoms with Gasteiger partial charge in [0.25, 0.3) is 5.56 Å². The van der Waals surface area contributed by atoms with Crippen LogP contribution < -0.4 is 5.56 Å². The maximum Gasteiger partial charge on any atom is 0.317 e. The van der Waals surface area contributed by atoms with Crippen molar-refractivity contribution in [2.45, 2.75) is 32.7 Å². The highest BCUT2D eigenvalue weighted by Gasteiger charge is 2.36. The topological polar surface area (TPSA) is 129 Å². The van der Waals surface area contributed by atoms with Gasteiger partial charge in [-0.05, 0) is 26.8 Å². The predicted octanol–water partition coefficient (Wildman–Crippen LogP) is 2.06. The molecule has 0 radical (unpaired) electrons. The number of hydrogen-bond acceptors (Lipinski definition) is 8. The van der Waals surface area contributed by atoms with Crippen LogP contribution in [-0.2, 0) is 21.5 Å². The lowest BCUT2D eigenvalue weighted by molar-refractivity contribution is -0.146. The first kappa shape index (κ1) is 22.1. The van der Waals surface area contributed by atoms with E-state index < -0.39 is 28.6 Å². The smallest absolute Gasteiger partial charge is 0.317 e. The number of aryl methyl sites for hydroxylation is 1. The molecular formula is C21H19F2N7O3. The van der Waals surface area contributed by atoms with Gasteiger partial charge in [-0.25, -0.2) is 23.4 Å². The summed E-state index contributed by atoms with van der Waals surface area (Å²) in [7, 11) is 1.21. The number of H-pyrrole nitrogens is 1. The number of esters is 1. The molecule has 33 heavy (non-hydrogen) atoms. The Morgan fingerprint density at radius 3 is 2.70 bits per heavy atom. The zero-order chi connectivity index (χ0) is 23.9. The van der Waals surface area contributed by atoms with Gasteiger partial charge in [-0.15, -0.1) is 10.2 Å². The molecule has 0 unspecified atom stereocenters. The molecule has 4 rings (SSSR count). The van der Waals surface area contributed by atoms with Gasteiger partial charge >= 0.3 is 5.97 Å². The lowest BCUT2D eigenvalue weighted by Gasteiger charge is -2.18. The molecule has 0 atom stereocenters. The number of carbonyl (C=O) groups excluding carboxylic acids is 1. The molecule has 0 bridgehead atoms. The third kappa shape index (κ3) is 3.83. The number of ether oxygens (including phenoxy) is 1. The molecule has 3 heterocycles. The molecule has 1 N–H and O–H groups in total. The van der Waals surface area contributed by atoms with Crippen molar-refractivity contribution in [1.29, 1.82) is 0 Å². The highest BCUT2D eigenvalue weighted by molar-refractivity contribution is 5.88. The summed E-state index contributed by atoms with van der Waals surface area (Å²) in [4.78, 5) is 35.9. The van der Waals surface area contributed by atoms with Crippen molar-refractivity contribution in [2.24, 2.45) is 0 Å². The van der Waals surface area contributed by atoms with Gasteiger partial charge in [0.15, 0.2) is 23.1 Å². The maximum absolute atomic E-state index is 14.2. The number of rotatable bonds is 5. The third-order valence-electron chi connectivity index (χ3n) is 5.17. The number of aromatic nitrogens is 7. The van der Waals surface area contributed by atoms with E-state index in [9.17, 15) is 18.4 Å². The second kappa shape index (κ2) is 8.11. The van der Waals surface area contributed by atoms with Gasteiger partial charge in [0.05, 0.1) is 19.0 Å². The summed E-state index contributed by atoms with van der Waals surface area (Å²) in [5, 5.41) is 12.8. The Labute approximate surface area is 185 Å². The van der Waals surface area contributed by atoms with E-state index in [1.807, 2.05) is 0 Å². The quantitative estimate of drug-likeness (QED) is 0.453. The van der Waals surface area contributed by atoms with Crippen molar-refractivity contribution in [3.63, 3.8) is 0 Å².